The number of hydrogen-bond donors (Lipinski definition) is 0. The summed E-state index contributed by atoms with van der Waals surface area (Å²) in [5.74, 6) is 0. The van der Waals surface area contributed by atoms with Gasteiger partial charge in [0.25, 0.3) is 0 Å². The van der Waals surface area contributed by atoms with Crippen molar-refractivity contribution >= 4 is 179 Å². The molecule has 0 unspecified atom stereocenters. The Morgan fingerprint density at radius 2 is 0.471 bits per heavy atom. The minimum Gasteiger partial charge on any atom is -0.243 e. The van der Waals surface area contributed by atoms with Gasteiger partial charge in [-0.05, 0) is 151 Å². The average molecular weight is 1660 g/mol. The first-order valence-corrected chi connectivity index (χ1v) is 40.2. The predicted octanol–water partition coefficient (Wildman–Crippen LogP) is 28.6. The Labute approximate surface area is 714 Å². The second-order valence-corrected chi connectivity index (χ2v) is 29.6. The zero-order chi connectivity index (χ0) is 81.1. The highest BCUT2D eigenvalue weighted by Gasteiger charge is 2.18. The van der Waals surface area contributed by atoms with Crippen molar-refractivity contribution in [2.75, 3.05) is 0 Å². The minimum atomic E-state index is 0.275. The number of hydrogen-bond acceptors (Lipinski definition) is 12. The van der Waals surface area contributed by atoms with Crippen molar-refractivity contribution in [2.24, 2.45) is 0 Å². The van der Waals surface area contributed by atoms with Crippen LogP contribution in [0.4, 0.5) is 0 Å². The lowest BCUT2D eigenvalue weighted by Crippen LogP contribution is -1.92. The van der Waals surface area contributed by atoms with Gasteiger partial charge in [0.05, 0.1) is 66.7 Å². The van der Waals surface area contributed by atoms with Gasteiger partial charge in [-0.1, -0.05) is 344 Å². The highest BCUT2D eigenvalue weighted by molar-refractivity contribution is 6.34. The third kappa shape index (κ3) is 17.6. The highest BCUT2D eigenvalue weighted by atomic mass is 35.5. The summed E-state index contributed by atoms with van der Waals surface area (Å²) in [7, 11) is 0. The first-order valence-electron chi connectivity index (χ1n) is 38.0. The van der Waals surface area contributed by atoms with E-state index >= 15 is 0 Å². The summed E-state index contributed by atoms with van der Waals surface area (Å²) >= 11 is 37.1. The molecule has 0 aliphatic heterocycles. The number of para-hydroxylation sites is 8. The van der Waals surface area contributed by atoms with Crippen LogP contribution in [0.1, 0.15) is 5.56 Å². The molecule has 0 radical (unpaired) electrons. The molecular formula is C101H64Cl6N12. The maximum Gasteiger partial charge on any atom is 0.223 e. The number of rotatable bonds is 6. The lowest BCUT2D eigenvalue weighted by molar-refractivity contribution is 1.22. The Bertz CT molecular complexity index is 7330. The smallest absolute Gasteiger partial charge is 0.223 e. The summed E-state index contributed by atoms with van der Waals surface area (Å²) in [6.45, 7) is 2.04. The van der Waals surface area contributed by atoms with Crippen LogP contribution in [-0.2, 0) is 0 Å². The summed E-state index contributed by atoms with van der Waals surface area (Å²) < 4.78 is 0. The van der Waals surface area contributed by atoms with Crippen molar-refractivity contribution in [2.45, 2.75) is 6.92 Å². The Balaban J connectivity index is 0.000000102. The van der Waals surface area contributed by atoms with Gasteiger partial charge in [-0.3, -0.25) is 0 Å². The van der Waals surface area contributed by atoms with Crippen molar-refractivity contribution in [3.63, 3.8) is 0 Å². The van der Waals surface area contributed by atoms with Gasteiger partial charge in [0, 0.05) is 49.5 Å². The second-order valence-electron chi connectivity index (χ2n) is 27.5. The molecule has 6 heterocycles. The lowest BCUT2D eigenvalue weighted by Gasteiger charge is -2.09. The van der Waals surface area contributed by atoms with E-state index in [1.807, 2.05) is 280 Å². The van der Waals surface area contributed by atoms with Crippen LogP contribution in [0.3, 0.4) is 0 Å². The van der Waals surface area contributed by atoms with Gasteiger partial charge in [0.1, 0.15) is 17.1 Å². The molecular weight excluding hydrogens is 1590 g/mol. The molecule has 12 nitrogen and oxygen atoms in total. The Kier molecular flexibility index (Phi) is 23.5. The highest BCUT2D eigenvalue weighted by Crippen LogP contribution is 2.38. The molecule has 0 N–H and O–H groups in total. The van der Waals surface area contributed by atoms with E-state index in [2.05, 4.69) is 152 Å². The molecule has 0 fully saturated rings. The summed E-state index contributed by atoms with van der Waals surface area (Å²) in [6.07, 6.45) is 0. The molecule has 119 heavy (non-hydrogen) atoms. The number of aromatic nitrogens is 12. The van der Waals surface area contributed by atoms with Crippen LogP contribution in [0.5, 0.6) is 0 Å². The van der Waals surface area contributed by atoms with Gasteiger partial charge in [0.2, 0.25) is 15.9 Å². The molecule has 16 aromatic carbocycles. The molecule has 0 spiro atoms. The molecule has 0 aliphatic carbocycles. The molecule has 0 atom stereocenters. The van der Waals surface area contributed by atoms with Crippen LogP contribution in [0, 0.1) is 6.92 Å². The molecule has 22 rings (SSSR count). The normalized spacial score (nSPS) is 11.0. The van der Waals surface area contributed by atoms with Gasteiger partial charge < -0.3 is 0 Å². The number of benzene rings is 16. The van der Waals surface area contributed by atoms with Gasteiger partial charge >= 0.3 is 0 Å². The van der Waals surface area contributed by atoms with E-state index in [0.717, 1.165) is 144 Å². The van der Waals surface area contributed by atoms with E-state index in [9.17, 15) is 0 Å². The first kappa shape index (κ1) is 77.9. The monoisotopic (exact) mass is 1650 g/mol. The third-order valence-corrected chi connectivity index (χ3v) is 21.1. The third-order valence-electron chi connectivity index (χ3n) is 19.8. The van der Waals surface area contributed by atoms with Gasteiger partial charge in [0.15, 0.2) is 15.5 Å². The van der Waals surface area contributed by atoms with E-state index in [-0.39, 0.29) is 15.9 Å². The van der Waals surface area contributed by atoms with Crippen molar-refractivity contribution in [3.8, 4) is 67.5 Å². The van der Waals surface area contributed by atoms with Crippen LogP contribution >= 0.6 is 69.6 Å². The summed E-state index contributed by atoms with van der Waals surface area (Å²) in [5, 5.41) is 14.6. The van der Waals surface area contributed by atoms with Gasteiger partial charge in [-0.25, -0.2) is 59.8 Å². The van der Waals surface area contributed by atoms with Crippen LogP contribution in [0.15, 0.2) is 370 Å². The molecule has 0 amide bonds. The number of aryl methyl sites for hydroxylation is 1. The van der Waals surface area contributed by atoms with E-state index in [4.69, 9.17) is 74.6 Å². The van der Waals surface area contributed by atoms with Crippen LogP contribution in [0.25, 0.3) is 176 Å². The fourth-order valence-electron chi connectivity index (χ4n) is 14.2. The second kappa shape index (κ2) is 35.8. The molecule has 570 valence electrons. The van der Waals surface area contributed by atoms with Gasteiger partial charge in [-0.15, -0.1) is 0 Å². The maximum atomic E-state index is 6.36. The minimum absolute atomic E-state index is 0.275. The van der Waals surface area contributed by atoms with Crippen molar-refractivity contribution < 1.29 is 0 Å². The van der Waals surface area contributed by atoms with Crippen molar-refractivity contribution in [1.29, 1.82) is 0 Å². The van der Waals surface area contributed by atoms with Gasteiger partial charge in [-0.2, -0.15) is 0 Å². The molecule has 0 aliphatic rings. The summed E-state index contributed by atoms with van der Waals surface area (Å²) in [4.78, 5) is 53.3. The summed E-state index contributed by atoms with van der Waals surface area (Å²) in [5.41, 5.74) is 19.8. The van der Waals surface area contributed by atoms with E-state index in [0.29, 0.717) is 15.5 Å². The van der Waals surface area contributed by atoms with Crippen molar-refractivity contribution in [1.82, 2.24) is 59.8 Å². The van der Waals surface area contributed by atoms with Crippen LogP contribution in [0.2, 0.25) is 31.3 Å². The first-order chi connectivity index (χ1) is 58.4. The standard InChI is InChI=1S/4C18H11ClN2.C15H11ClN2.C14H9ClN2/c19-18-17(20-15-10-3-4-11-16(15)21-18)14-9-5-7-12-6-1-2-8-13(12)14;2*19-18-20-16-11-4-3-9-15(16)17(21-18)14-10-5-7-12-6-1-2-8-13(12)14;19-18-17(20-15-7-3-4-8-16(15)21-18)14-10-9-12-5-1-2-6-13(12)11-14;1-10-7-8-12-13(9-10)17-15(16)18-14(12)11-5-3-2-4-6-11;15-14-13(10-6-2-1-3-7-10)16-11-8-4-5-9-12(11)17-14/h4*1-11H;2-9H,1H3;1-9H. The molecule has 0 saturated heterocycles. The number of halogens is 6. The number of fused-ring (bicyclic) bond motifs is 10. The molecule has 0 bridgehead atoms. The van der Waals surface area contributed by atoms with E-state index < -0.39 is 0 Å². The molecule has 22 aromatic rings. The zero-order valence-corrected chi connectivity index (χ0v) is 67.9. The van der Waals surface area contributed by atoms with Crippen LogP contribution < -0.4 is 0 Å². The summed E-state index contributed by atoms with van der Waals surface area (Å²) in [6, 6.07) is 123. The average Bonchev–Trinajstić information content (AvgIpc) is 0.786. The van der Waals surface area contributed by atoms with E-state index in [1.54, 1.807) is 0 Å². The maximum absolute atomic E-state index is 6.36. The fraction of sp³-hybridized carbons (Fsp3) is 0.00990. The molecule has 18 heteroatoms. The Morgan fingerprint density at radius 3 is 0.916 bits per heavy atom. The van der Waals surface area contributed by atoms with Crippen LogP contribution in [-0.4, -0.2) is 59.8 Å². The van der Waals surface area contributed by atoms with E-state index in [1.165, 1.54) is 37.7 Å². The van der Waals surface area contributed by atoms with Crippen molar-refractivity contribution in [3.05, 3.63) is 407 Å². The molecule has 0 saturated carbocycles. The topological polar surface area (TPSA) is 155 Å². The Hall–Kier alpha value is -13.7. The quantitative estimate of drug-likeness (QED) is 0.146. The Morgan fingerprint density at radius 1 is 0.168 bits per heavy atom. The fourth-order valence-corrected chi connectivity index (χ4v) is 15.5. The number of nitrogens with zero attached hydrogens (tertiary/aromatic N) is 12. The molecule has 6 aromatic heterocycles. The lowest BCUT2D eigenvalue weighted by atomic mass is 9.99. The SMILES string of the molecule is Cc1ccc2c(-c3ccccc3)nc(Cl)nc2c1.Clc1nc(-c2cccc3ccccc23)c2ccccc2n1.Clc1nc(-c2cccc3ccccc23)c2ccccc2n1.Clc1nc2ccccc2nc1-c1ccc2ccccc2c1.Clc1nc2ccccc2nc1-c1cccc2ccccc12.Clc1nc2ccccc2nc1-c1ccccc1. The zero-order valence-electron chi connectivity index (χ0n) is 63.4. The predicted molar refractivity (Wildman–Crippen MR) is 495 cm³/mol. The largest absolute Gasteiger partial charge is 0.243 e.